The highest BCUT2D eigenvalue weighted by atomic mass is 16.7. The Morgan fingerprint density at radius 3 is 2.19 bits per heavy atom. The molecule has 3 nitrogen and oxygen atoms in total. The van der Waals surface area contributed by atoms with E-state index in [9.17, 15) is 0 Å². The minimum atomic E-state index is -0.377. The molecule has 3 rings (SSSR count). The van der Waals surface area contributed by atoms with Gasteiger partial charge in [-0.3, -0.25) is 0 Å². The van der Waals surface area contributed by atoms with Crippen molar-refractivity contribution in [2.45, 2.75) is 30.3 Å². The highest BCUT2D eigenvalue weighted by Gasteiger charge is 2.81. The van der Waals surface area contributed by atoms with Crippen LogP contribution in [0, 0.1) is 0 Å². The number of epoxide rings is 1. The minimum Gasteiger partial charge on any atom is -0.353 e. The van der Waals surface area contributed by atoms with Crippen molar-refractivity contribution < 1.29 is 14.2 Å². The normalized spacial score (nSPS) is 29.7. The Morgan fingerprint density at radius 1 is 1.12 bits per heavy atom. The maximum atomic E-state index is 5.98. The molecule has 1 aromatic carbocycles. The van der Waals surface area contributed by atoms with E-state index in [0.29, 0.717) is 0 Å². The van der Waals surface area contributed by atoms with Crippen molar-refractivity contribution in [3.63, 3.8) is 0 Å². The van der Waals surface area contributed by atoms with Crippen LogP contribution in [0.4, 0.5) is 0 Å². The fourth-order valence-electron chi connectivity index (χ4n) is 2.70. The second-order valence-electron chi connectivity index (χ2n) is 4.50. The molecule has 2 aliphatic rings. The Morgan fingerprint density at radius 2 is 1.75 bits per heavy atom. The monoisotopic (exact) mass is 220 g/mol. The molecule has 0 aromatic heterocycles. The van der Waals surface area contributed by atoms with Gasteiger partial charge in [-0.2, -0.15) is 0 Å². The smallest absolute Gasteiger partial charge is 0.193 e. The summed E-state index contributed by atoms with van der Waals surface area (Å²) in [6.45, 7) is 0. The zero-order chi connectivity index (χ0) is 11.2. The van der Waals surface area contributed by atoms with Crippen LogP contribution in [0.5, 0.6) is 0 Å². The van der Waals surface area contributed by atoms with E-state index in [-0.39, 0.29) is 17.5 Å². The van der Waals surface area contributed by atoms with Crippen LogP contribution >= 0.6 is 0 Å². The topological polar surface area (TPSA) is 31.0 Å². The summed E-state index contributed by atoms with van der Waals surface area (Å²) in [6, 6.07) is 10.2. The van der Waals surface area contributed by atoms with E-state index < -0.39 is 0 Å². The molecule has 1 saturated heterocycles. The predicted molar refractivity (Wildman–Crippen MR) is 59.0 cm³/mol. The SMILES string of the molecule is COC(OC)C1(c2ccccc2)OC12CC2. The van der Waals surface area contributed by atoms with Crippen molar-refractivity contribution in [1.82, 2.24) is 0 Å². The van der Waals surface area contributed by atoms with E-state index in [1.54, 1.807) is 14.2 Å². The summed E-state index contributed by atoms with van der Waals surface area (Å²) in [5.41, 5.74) is 0.768. The van der Waals surface area contributed by atoms with E-state index >= 15 is 0 Å². The summed E-state index contributed by atoms with van der Waals surface area (Å²) >= 11 is 0. The fourth-order valence-corrected chi connectivity index (χ4v) is 2.70. The molecule has 1 aromatic rings. The number of ether oxygens (including phenoxy) is 3. The van der Waals surface area contributed by atoms with Gasteiger partial charge in [0, 0.05) is 14.2 Å². The van der Waals surface area contributed by atoms with Crippen molar-refractivity contribution in [2.24, 2.45) is 0 Å². The maximum Gasteiger partial charge on any atom is 0.193 e. The molecule has 16 heavy (non-hydrogen) atoms. The Kier molecular flexibility index (Phi) is 2.11. The first kappa shape index (κ1) is 10.3. The molecule has 3 heteroatoms. The molecular weight excluding hydrogens is 204 g/mol. The first-order valence-electron chi connectivity index (χ1n) is 5.60. The third-order valence-corrected chi connectivity index (χ3v) is 3.66. The van der Waals surface area contributed by atoms with E-state index in [2.05, 4.69) is 12.1 Å². The van der Waals surface area contributed by atoms with Crippen LogP contribution in [0.2, 0.25) is 0 Å². The van der Waals surface area contributed by atoms with Crippen molar-refractivity contribution in [3.05, 3.63) is 35.9 Å². The lowest BCUT2D eigenvalue weighted by atomic mass is 9.93. The molecule has 1 heterocycles. The van der Waals surface area contributed by atoms with Crippen molar-refractivity contribution in [3.8, 4) is 0 Å². The van der Waals surface area contributed by atoms with E-state index in [1.807, 2.05) is 18.2 Å². The van der Waals surface area contributed by atoms with Gasteiger partial charge in [0.1, 0.15) is 5.60 Å². The first-order chi connectivity index (χ1) is 7.79. The van der Waals surface area contributed by atoms with Crippen molar-refractivity contribution in [1.29, 1.82) is 0 Å². The van der Waals surface area contributed by atoms with E-state index in [4.69, 9.17) is 14.2 Å². The van der Waals surface area contributed by atoms with Crippen LogP contribution in [0.25, 0.3) is 0 Å². The number of methoxy groups -OCH3 is 2. The van der Waals surface area contributed by atoms with Crippen molar-refractivity contribution >= 4 is 0 Å². The summed E-state index contributed by atoms with van der Waals surface area (Å²) in [7, 11) is 3.33. The highest BCUT2D eigenvalue weighted by molar-refractivity contribution is 5.39. The van der Waals surface area contributed by atoms with Crippen LogP contribution in [-0.2, 0) is 19.8 Å². The van der Waals surface area contributed by atoms with Crippen LogP contribution in [-0.4, -0.2) is 26.1 Å². The highest BCUT2D eigenvalue weighted by Crippen LogP contribution is 2.71. The van der Waals surface area contributed by atoms with Gasteiger partial charge in [-0.1, -0.05) is 30.3 Å². The standard InChI is InChI=1S/C13H16O3/c1-14-11(15-2)13(12(16-13)8-9-12)10-6-4-3-5-7-10/h3-7,11H,8-9H2,1-2H3. The Balaban J connectivity index is 1.99. The molecule has 1 atom stereocenters. The van der Waals surface area contributed by atoms with Gasteiger partial charge in [-0.05, 0) is 18.4 Å². The molecule has 86 valence electrons. The van der Waals surface area contributed by atoms with E-state index in [1.165, 1.54) is 0 Å². The number of benzene rings is 1. The van der Waals surface area contributed by atoms with Gasteiger partial charge < -0.3 is 14.2 Å². The van der Waals surface area contributed by atoms with Crippen LogP contribution in [0.1, 0.15) is 18.4 Å². The average Bonchev–Trinajstić information content (AvgIpc) is 3.23. The Hall–Kier alpha value is -0.900. The molecule has 1 saturated carbocycles. The van der Waals surface area contributed by atoms with E-state index in [0.717, 1.165) is 18.4 Å². The third kappa shape index (κ3) is 1.14. The van der Waals surface area contributed by atoms with Crippen LogP contribution in [0.15, 0.2) is 30.3 Å². The summed E-state index contributed by atoms with van der Waals surface area (Å²) < 4.78 is 16.8. The molecular formula is C13H16O3. The molecule has 0 bridgehead atoms. The molecule has 0 radical (unpaired) electrons. The first-order valence-corrected chi connectivity index (χ1v) is 5.60. The number of hydrogen-bond acceptors (Lipinski definition) is 3. The molecule has 1 spiro atoms. The summed E-state index contributed by atoms with van der Waals surface area (Å²) in [5, 5.41) is 0. The molecule has 1 unspecified atom stereocenters. The molecule has 1 aliphatic carbocycles. The van der Waals surface area contributed by atoms with Gasteiger partial charge in [-0.25, -0.2) is 0 Å². The van der Waals surface area contributed by atoms with Crippen molar-refractivity contribution in [2.75, 3.05) is 14.2 Å². The molecule has 1 aliphatic heterocycles. The number of rotatable bonds is 4. The zero-order valence-electron chi connectivity index (χ0n) is 9.60. The maximum absolute atomic E-state index is 5.98. The van der Waals surface area contributed by atoms with Gasteiger partial charge in [0.25, 0.3) is 0 Å². The summed E-state index contributed by atoms with van der Waals surface area (Å²) in [4.78, 5) is 0. The Labute approximate surface area is 95.3 Å². The Bertz CT molecular complexity index is 381. The fraction of sp³-hybridized carbons (Fsp3) is 0.538. The van der Waals surface area contributed by atoms with Gasteiger partial charge in [0.05, 0.1) is 0 Å². The lowest BCUT2D eigenvalue weighted by Gasteiger charge is -2.22. The zero-order valence-corrected chi connectivity index (χ0v) is 9.60. The van der Waals surface area contributed by atoms with Crippen LogP contribution < -0.4 is 0 Å². The minimum absolute atomic E-state index is 0.00889. The lowest BCUT2D eigenvalue weighted by molar-refractivity contribution is -0.148. The predicted octanol–water partition coefficient (Wildman–Crippen LogP) is 2.06. The second-order valence-corrected chi connectivity index (χ2v) is 4.50. The van der Waals surface area contributed by atoms with Gasteiger partial charge >= 0.3 is 0 Å². The molecule has 2 fully saturated rings. The number of hydrogen-bond donors (Lipinski definition) is 0. The summed E-state index contributed by atoms with van der Waals surface area (Å²) in [6.07, 6.45) is 1.88. The van der Waals surface area contributed by atoms with Crippen LogP contribution in [0.3, 0.4) is 0 Å². The van der Waals surface area contributed by atoms with Gasteiger partial charge in [0.15, 0.2) is 11.9 Å². The molecule has 0 N–H and O–H groups in total. The third-order valence-electron chi connectivity index (χ3n) is 3.66. The average molecular weight is 220 g/mol. The second kappa shape index (κ2) is 3.29. The summed E-state index contributed by atoms with van der Waals surface area (Å²) in [5.74, 6) is 0. The van der Waals surface area contributed by atoms with Gasteiger partial charge in [0.2, 0.25) is 0 Å². The molecule has 0 amide bonds. The largest absolute Gasteiger partial charge is 0.353 e. The lowest BCUT2D eigenvalue weighted by Crippen LogP contribution is -2.34. The van der Waals surface area contributed by atoms with Gasteiger partial charge in [-0.15, -0.1) is 0 Å². The quantitative estimate of drug-likeness (QED) is 0.575.